The molecule has 17 heavy (non-hydrogen) atoms. The first-order valence-corrected chi connectivity index (χ1v) is 7.97. The second-order valence-electron chi connectivity index (χ2n) is 4.35. The molecule has 0 saturated heterocycles. The van der Waals surface area contributed by atoms with Gasteiger partial charge in [-0.05, 0) is 26.0 Å². The first-order chi connectivity index (χ1) is 7.73. The zero-order valence-electron chi connectivity index (χ0n) is 9.94. The van der Waals surface area contributed by atoms with E-state index < -0.39 is 15.6 Å². The van der Waals surface area contributed by atoms with Gasteiger partial charge in [-0.15, -0.1) is 0 Å². The Kier molecular flexibility index (Phi) is 4.63. The molecule has 0 unspecified atom stereocenters. The van der Waals surface area contributed by atoms with Crippen molar-refractivity contribution in [2.24, 2.45) is 0 Å². The minimum Gasteiger partial charge on any atom is -0.207 e. The molecule has 0 bridgehead atoms. The first kappa shape index (κ1) is 15.0. The van der Waals surface area contributed by atoms with Gasteiger partial charge in [0.05, 0.1) is 5.02 Å². The van der Waals surface area contributed by atoms with E-state index in [0.717, 1.165) is 0 Å². The van der Waals surface area contributed by atoms with Crippen LogP contribution in [0.1, 0.15) is 13.8 Å². The van der Waals surface area contributed by atoms with Gasteiger partial charge in [-0.1, -0.05) is 39.7 Å². The Morgan fingerprint density at radius 2 is 1.88 bits per heavy atom. The van der Waals surface area contributed by atoms with Crippen LogP contribution in [0.5, 0.6) is 0 Å². The molecule has 0 aliphatic heterocycles. The Bertz CT molecular complexity index is 502. The van der Waals surface area contributed by atoms with Crippen LogP contribution in [0, 0.1) is 0 Å². The van der Waals surface area contributed by atoms with Crippen molar-refractivity contribution >= 4 is 37.6 Å². The van der Waals surface area contributed by atoms with Crippen molar-refractivity contribution < 1.29 is 8.42 Å². The monoisotopic (exact) mass is 339 g/mol. The van der Waals surface area contributed by atoms with Crippen molar-refractivity contribution in [3.05, 3.63) is 29.3 Å². The van der Waals surface area contributed by atoms with Gasteiger partial charge in [0.25, 0.3) is 0 Å². The Morgan fingerprint density at radius 3 is 2.35 bits per heavy atom. The predicted molar refractivity (Wildman–Crippen MR) is 74.3 cm³/mol. The fraction of sp³-hybridized carbons (Fsp3) is 0.455. The van der Waals surface area contributed by atoms with Gasteiger partial charge in [-0.25, -0.2) is 8.42 Å². The average Bonchev–Trinajstić information content (AvgIpc) is 2.28. The molecule has 0 fully saturated rings. The van der Waals surface area contributed by atoms with Crippen LogP contribution in [-0.4, -0.2) is 30.6 Å². The summed E-state index contributed by atoms with van der Waals surface area (Å²) in [6.45, 7) is 3.69. The van der Waals surface area contributed by atoms with Crippen LogP contribution < -0.4 is 0 Å². The summed E-state index contributed by atoms with van der Waals surface area (Å²) >= 11 is 9.24. The van der Waals surface area contributed by atoms with Gasteiger partial charge < -0.3 is 0 Å². The van der Waals surface area contributed by atoms with E-state index >= 15 is 0 Å². The van der Waals surface area contributed by atoms with Gasteiger partial charge in [0.1, 0.15) is 4.90 Å². The molecule has 0 aliphatic carbocycles. The zero-order chi connectivity index (χ0) is 13.3. The van der Waals surface area contributed by atoms with Crippen molar-refractivity contribution in [3.63, 3.8) is 0 Å². The van der Waals surface area contributed by atoms with E-state index in [1.807, 2.05) is 13.8 Å². The molecule has 0 N–H and O–H groups in total. The second kappa shape index (κ2) is 5.26. The summed E-state index contributed by atoms with van der Waals surface area (Å²) < 4.78 is 26.1. The van der Waals surface area contributed by atoms with E-state index in [2.05, 4.69) is 15.9 Å². The summed E-state index contributed by atoms with van der Waals surface area (Å²) in [6, 6.07) is 6.45. The van der Waals surface area contributed by atoms with E-state index in [0.29, 0.717) is 5.33 Å². The summed E-state index contributed by atoms with van der Waals surface area (Å²) in [5.74, 6) is 0. The maximum absolute atomic E-state index is 12.4. The molecule has 0 saturated carbocycles. The third kappa shape index (κ3) is 3.02. The average molecular weight is 341 g/mol. The van der Waals surface area contributed by atoms with E-state index in [4.69, 9.17) is 11.6 Å². The molecule has 6 heteroatoms. The molecule has 1 aromatic rings. The minimum atomic E-state index is -3.57. The SMILES string of the molecule is CN(C(C)(C)CBr)S(=O)(=O)c1ccccc1Cl. The van der Waals surface area contributed by atoms with Gasteiger partial charge in [0, 0.05) is 17.9 Å². The summed E-state index contributed by atoms with van der Waals surface area (Å²) in [5.41, 5.74) is -0.516. The van der Waals surface area contributed by atoms with Gasteiger partial charge in [-0.2, -0.15) is 4.31 Å². The molecular formula is C11H15BrClNO2S. The maximum atomic E-state index is 12.4. The first-order valence-electron chi connectivity index (χ1n) is 5.03. The fourth-order valence-electron chi connectivity index (χ4n) is 1.21. The number of halogens is 2. The quantitative estimate of drug-likeness (QED) is 0.790. The molecule has 0 heterocycles. The molecule has 0 amide bonds. The molecule has 0 aliphatic rings. The van der Waals surface area contributed by atoms with Crippen molar-refractivity contribution in [3.8, 4) is 0 Å². The highest BCUT2D eigenvalue weighted by molar-refractivity contribution is 9.09. The van der Waals surface area contributed by atoms with E-state index in [1.54, 1.807) is 25.2 Å². The normalized spacial score (nSPS) is 13.1. The number of benzene rings is 1. The number of nitrogens with zero attached hydrogens (tertiary/aromatic N) is 1. The molecule has 3 nitrogen and oxygen atoms in total. The van der Waals surface area contributed by atoms with E-state index in [9.17, 15) is 8.42 Å². The number of alkyl halides is 1. The zero-order valence-corrected chi connectivity index (χ0v) is 13.1. The van der Waals surface area contributed by atoms with Crippen molar-refractivity contribution in [2.45, 2.75) is 24.3 Å². The van der Waals surface area contributed by atoms with E-state index in [1.165, 1.54) is 10.4 Å². The minimum absolute atomic E-state index is 0.137. The highest BCUT2D eigenvalue weighted by atomic mass is 79.9. The summed E-state index contributed by atoms with van der Waals surface area (Å²) in [6.07, 6.45) is 0. The Morgan fingerprint density at radius 1 is 1.35 bits per heavy atom. The highest BCUT2D eigenvalue weighted by Crippen LogP contribution is 2.28. The topological polar surface area (TPSA) is 37.4 Å². The number of sulfonamides is 1. The largest absolute Gasteiger partial charge is 0.244 e. The van der Waals surface area contributed by atoms with Crippen LogP contribution in [0.25, 0.3) is 0 Å². The summed E-state index contributed by atoms with van der Waals surface area (Å²) in [5, 5.41) is 0.782. The lowest BCUT2D eigenvalue weighted by molar-refractivity contribution is 0.299. The number of hydrogen-bond donors (Lipinski definition) is 0. The van der Waals surface area contributed by atoms with Crippen LogP contribution in [0.4, 0.5) is 0 Å². The van der Waals surface area contributed by atoms with Crippen LogP contribution in [0.15, 0.2) is 29.2 Å². The van der Waals surface area contributed by atoms with Gasteiger partial charge in [-0.3, -0.25) is 0 Å². The summed E-state index contributed by atoms with van der Waals surface area (Å²) in [7, 11) is -2.01. The molecule has 0 radical (unpaired) electrons. The van der Waals surface area contributed by atoms with Crippen molar-refractivity contribution in [1.82, 2.24) is 4.31 Å². The molecule has 0 aromatic heterocycles. The van der Waals surface area contributed by atoms with Crippen LogP contribution >= 0.6 is 27.5 Å². The summed E-state index contributed by atoms with van der Waals surface area (Å²) in [4.78, 5) is 0.137. The third-order valence-electron chi connectivity index (χ3n) is 2.65. The predicted octanol–water partition coefficient (Wildman–Crippen LogP) is 3.13. The van der Waals surface area contributed by atoms with Crippen LogP contribution in [0.2, 0.25) is 5.02 Å². The Hall–Kier alpha value is -0.100. The Balaban J connectivity index is 3.26. The molecule has 0 spiro atoms. The maximum Gasteiger partial charge on any atom is 0.244 e. The smallest absolute Gasteiger partial charge is 0.207 e. The lowest BCUT2D eigenvalue weighted by Crippen LogP contribution is -2.46. The molecule has 1 aromatic carbocycles. The van der Waals surface area contributed by atoms with E-state index in [-0.39, 0.29) is 9.92 Å². The molecule has 96 valence electrons. The highest BCUT2D eigenvalue weighted by Gasteiger charge is 2.34. The molecule has 1 rings (SSSR count). The standard InChI is InChI=1S/C11H15BrClNO2S/c1-11(2,8-12)14(3)17(15,16)10-7-5-4-6-9(10)13/h4-7H,8H2,1-3H3. The second-order valence-corrected chi connectivity index (χ2v) is 7.25. The van der Waals surface area contributed by atoms with Gasteiger partial charge >= 0.3 is 0 Å². The lowest BCUT2D eigenvalue weighted by atomic mass is 10.1. The Labute approximate surface area is 116 Å². The van der Waals surface area contributed by atoms with Crippen molar-refractivity contribution in [2.75, 3.05) is 12.4 Å². The number of hydrogen-bond acceptors (Lipinski definition) is 2. The van der Waals surface area contributed by atoms with Gasteiger partial charge in [0.15, 0.2) is 0 Å². The van der Waals surface area contributed by atoms with Crippen LogP contribution in [-0.2, 0) is 10.0 Å². The third-order valence-corrected chi connectivity index (χ3v) is 6.60. The molecule has 0 atom stereocenters. The van der Waals surface area contributed by atoms with Crippen molar-refractivity contribution in [1.29, 1.82) is 0 Å². The lowest BCUT2D eigenvalue weighted by Gasteiger charge is -2.33. The fourth-order valence-corrected chi connectivity index (χ4v) is 3.76. The van der Waals surface area contributed by atoms with Gasteiger partial charge in [0.2, 0.25) is 10.0 Å². The number of rotatable bonds is 4. The van der Waals surface area contributed by atoms with Crippen LogP contribution in [0.3, 0.4) is 0 Å². The molecular weight excluding hydrogens is 326 g/mol.